The van der Waals surface area contributed by atoms with Crippen molar-refractivity contribution in [1.29, 1.82) is 0 Å². The number of esters is 1. The van der Waals surface area contributed by atoms with Gasteiger partial charge in [0, 0.05) is 6.42 Å². The van der Waals surface area contributed by atoms with Crippen molar-refractivity contribution < 1.29 is 9.53 Å². The van der Waals surface area contributed by atoms with E-state index in [1.54, 1.807) is 0 Å². The molecule has 0 aromatic rings. The fraction of sp³-hybridized carbons (Fsp3) is 0.929. The van der Waals surface area contributed by atoms with Crippen molar-refractivity contribution in [2.24, 2.45) is 0 Å². The third-order valence-electron chi connectivity index (χ3n) is 9.40. The lowest BCUT2D eigenvalue weighted by Crippen LogP contribution is -2.05. The fourth-order valence-corrected chi connectivity index (χ4v) is 6.31. The van der Waals surface area contributed by atoms with Crippen LogP contribution < -0.4 is 0 Å². The molecule has 0 spiro atoms. The van der Waals surface area contributed by atoms with Crippen molar-refractivity contribution >= 4 is 5.97 Å². The summed E-state index contributed by atoms with van der Waals surface area (Å²) in [4.78, 5) is 11.9. The van der Waals surface area contributed by atoms with E-state index in [4.69, 9.17) is 4.74 Å². The lowest BCUT2D eigenvalue weighted by atomic mass is 10.0. The SMILES string of the molecule is CCCCCCCCCCCCCCCCC/C=C\CCCCCCCCCCC(=O)OCCCCCCCCCCCC. The molecule has 0 N–H and O–H groups in total. The topological polar surface area (TPSA) is 26.3 Å². The molecular formula is C42H82O2. The highest BCUT2D eigenvalue weighted by Crippen LogP contribution is 2.15. The molecule has 0 aromatic heterocycles. The number of rotatable bonds is 38. The average molecular weight is 619 g/mol. The first-order valence-electron chi connectivity index (χ1n) is 20.6. The van der Waals surface area contributed by atoms with Gasteiger partial charge in [0.2, 0.25) is 0 Å². The predicted octanol–water partition coefficient (Wildman–Crippen LogP) is 15.2. The van der Waals surface area contributed by atoms with Crippen LogP contribution in [-0.2, 0) is 9.53 Å². The van der Waals surface area contributed by atoms with E-state index < -0.39 is 0 Å². The summed E-state index contributed by atoms with van der Waals surface area (Å²) < 4.78 is 5.43. The monoisotopic (exact) mass is 619 g/mol. The van der Waals surface area contributed by atoms with Crippen molar-refractivity contribution in [3.8, 4) is 0 Å². The minimum absolute atomic E-state index is 0.0218. The second kappa shape index (κ2) is 40.2. The van der Waals surface area contributed by atoms with Crippen LogP contribution in [0.2, 0.25) is 0 Å². The van der Waals surface area contributed by atoms with E-state index in [0.29, 0.717) is 13.0 Å². The zero-order valence-electron chi connectivity index (χ0n) is 30.6. The molecule has 2 nitrogen and oxygen atoms in total. The van der Waals surface area contributed by atoms with Gasteiger partial charge in [0.15, 0.2) is 0 Å². The van der Waals surface area contributed by atoms with E-state index in [2.05, 4.69) is 26.0 Å². The van der Waals surface area contributed by atoms with Crippen LogP contribution in [0.1, 0.15) is 245 Å². The van der Waals surface area contributed by atoms with Gasteiger partial charge in [-0.15, -0.1) is 0 Å². The number of ether oxygens (including phenoxy) is 1. The van der Waals surface area contributed by atoms with Crippen molar-refractivity contribution in [2.45, 2.75) is 245 Å². The molecule has 262 valence electrons. The summed E-state index contributed by atoms with van der Waals surface area (Å²) in [7, 11) is 0. The number of hydrogen-bond donors (Lipinski definition) is 0. The highest BCUT2D eigenvalue weighted by Gasteiger charge is 2.03. The number of allylic oxidation sites excluding steroid dienone is 2. The average Bonchev–Trinajstić information content (AvgIpc) is 3.03. The van der Waals surface area contributed by atoms with Crippen LogP contribution in [0.5, 0.6) is 0 Å². The predicted molar refractivity (Wildman–Crippen MR) is 198 cm³/mol. The third-order valence-corrected chi connectivity index (χ3v) is 9.40. The molecule has 0 aromatic carbocycles. The molecule has 2 heteroatoms. The molecule has 0 bridgehead atoms. The summed E-state index contributed by atoms with van der Waals surface area (Å²) in [5.74, 6) is 0.0218. The largest absolute Gasteiger partial charge is 0.466 e. The maximum Gasteiger partial charge on any atom is 0.305 e. The molecule has 0 rings (SSSR count). The summed E-state index contributed by atoms with van der Waals surface area (Å²) in [5, 5.41) is 0. The first kappa shape index (κ1) is 43.2. The molecule has 0 atom stereocenters. The van der Waals surface area contributed by atoms with Crippen LogP contribution in [0.4, 0.5) is 0 Å². The van der Waals surface area contributed by atoms with Crippen LogP contribution >= 0.6 is 0 Å². The zero-order valence-corrected chi connectivity index (χ0v) is 30.6. The third kappa shape index (κ3) is 39.2. The van der Waals surface area contributed by atoms with Crippen LogP contribution in [0, 0.1) is 0 Å². The van der Waals surface area contributed by atoms with Crippen molar-refractivity contribution in [1.82, 2.24) is 0 Å². The number of carbonyl (C=O) groups excluding carboxylic acids is 1. The molecule has 0 amide bonds. The van der Waals surface area contributed by atoms with Gasteiger partial charge in [0.25, 0.3) is 0 Å². The van der Waals surface area contributed by atoms with E-state index in [0.717, 1.165) is 12.8 Å². The fourth-order valence-electron chi connectivity index (χ4n) is 6.31. The lowest BCUT2D eigenvalue weighted by molar-refractivity contribution is -0.143. The Balaban J connectivity index is 3.17. The Labute approximate surface area is 278 Å². The van der Waals surface area contributed by atoms with Gasteiger partial charge >= 0.3 is 5.97 Å². The van der Waals surface area contributed by atoms with Gasteiger partial charge in [-0.25, -0.2) is 0 Å². The summed E-state index contributed by atoms with van der Waals surface area (Å²) in [5.41, 5.74) is 0. The number of carbonyl (C=O) groups is 1. The van der Waals surface area contributed by atoms with Crippen LogP contribution in [0.3, 0.4) is 0 Å². The highest BCUT2D eigenvalue weighted by molar-refractivity contribution is 5.69. The van der Waals surface area contributed by atoms with E-state index >= 15 is 0 Å². The molecule has 0 saturated carbocycles. The Hall–Kier alpha value is -0.790. The zero-order chi connectivity index (χ0) is 31.9. The quantitative estimate of drug-likeness (QED) is 0.0391. The van der Waals surface area contributed by atoms with Crippen molar-refractivity contribution in [3.63, 3.8) is 0 Å². The molecule has 0 unspecified atom stereocenters. The first-order chi connectivity index (χ1) is 21.8. The van der Waals surface area contributed by atoms with Gasteiger partial charge in [0.1, 0.15) is 0 Å². The Morgan fingerprint density at radius 2 is 0.636 bits per heavy atom. The normalized spacial score (nSPS) is 11.6. The summed E-state index contributed by atoms with van der Waals surface area (Å²) in [6.45, 7) is 5.20. The van der Waals surface area contributed by atoms with Gasteiger partial charge in [-0.3, -0.25) is 4.79 Å². The Kier molecular flexibility index (Phi) is 39.5. The highest BCUT2D eigenvalue weighted by atomic mass is 16.5. The maximum atomic E-state index is 11.9. The van der Waals surface area contributed by atoms with Crippen LogP contribution in [0.15, 0.2) is 12.2 Å². The number of unbranched alkanes of at least 4 members (excludes halogenated alkanes) is 32. The smallest absolute Gasteiger partial charge is 0.305 e. The molecule has 0 radical (unpaired) electrons. The van der Waals surface area contributed by atoms with E-state index in [9.17, 15) is 4.79 Å². The molecular weight excluding hydrogens is 536 g/mol. The van der Waals surface area contributed by atoms with Gasteiger partial charge in [-0.05, 0) is 38.5 Å². The van der Waals surface area contributed by atoms with Crippen molar-refractivity contribution in [2.75, 3.05) is 6.61 Å². The lowest BCUT2D eigenvalue weighted by Gasteiger charge is -2.05. The molecule has 0 aliphatic rings. The summed E-state index contributed by atoms with van der Waals surface area (Å²) in [6, 6.07) is 0. The van der Waals surface area contributed by atoms with Gasteiger partial charge in [-0.2, -0.15) is 0 Å². The van der Waals surface area contributed by atoms with Crippen LogP contribution in [-0.4, -0.2) is 12.6 Å². The minimum atomic E-state index is 0.0218. The van der Waals surface area contributed by atoms with E-state index in [-0.39, 0.29) is 5.97 Å². The Morgan fingerprint density at radius 3 is 0.977 bits per heavy atom. The van der Waals surface area contributed by atoms with Gasteiger partial charge < -0.3 is 4.74 Å². The van der Waals surface area contributed by atoms with Crippen molar-refractivity contribution in [3.05, 3.63) is 12.2 Å². The van der Waals surface area contributed by atoms with Gasteiger partial charge in [0.05, 0.1) is 6.61 Å². The van der Waals surface area contributed by atoms with E-state index in [1.807, 2.05) is 0 Å². The Bertz CT molecular complexity index is 554. The first-order valence-corrected chi connectivity index (χ1v) is 20.6. The summed E-state index contributed by atoms with van der Waals surface area (Å²) >= 11 is 0. The standard InChI is InChI=1S/C42H82O2/c1-3-5-7-9-11-13-15-16-17-18-19-20-21-22-23-24-25-26-27-28-29-30-31-32-34-36-38-40-42(43)44-41-39-37-35-33-14-12-10-8-6-4-2/h25-26H,3-24,27-41H2,1-2H3/b26-25-. The maximum absolute atomic E-state index is 11.9. The summed E-state index contributed by atoms with van der Waals surface area (Å²) in [6.07, 6.45) is 53.1. The Morgan fingerprint density at radius 1 is 0.364 bits per heavy atom. The molecule has 0 fully saturated rings. The van der Waals surface area contributed by atoms with E-state index in [1.165, 1.54) is 212 Å². The second-order valence-electron chi connectivity index (χ2n) is 14.0. The molecule has 0 aliphatic carbocycles. The van der Waals surface area contributed by atoms with Gasteiger partial charge in [-0.1, -0.05) is 212 Å². The minimum Gasteiger partial charge on any atom is -0.466 e. The molecule has 0 aliphatic heterocycles. The number of hydrogen-bond acceptors (Lipinski definition) is 2. The molecule has 44 heavy (non-hydrogen) atoms. The van der Waals surface area contributed by atoms with Crippen LogP contribution in [0.25, 0.3) is 0 Å². The molecule has 0 saturated heterocycles. The second-order valence-corrected chi connectivity index (χ2v) is 14.0. The molecule has 0 heterocycles.